The van der Waals surface area contributed by atoms with Gasteiger partial charge in [-0.1, -0.05) is 24.3 Å². The lowest BCUT2D eigenvalue weighted by Gasteiger charge is -2.10. The van der Waals surface area contributed by atoms with Gasteiger partial charge in [-0.3, -0.25) is 10.1 Å². The van der Waals surface area contributed by atoms with Crippen molar-refractivity contribution in [2.24, 2.45) is 0 Å². The second kappa shape index (κ2) is 9.62. The second-order valence-electron chi connectivity index (χ2n) is 6.05. The zero-order chi connectivity index (χ0) is 20.6. The first-order valence-electron chi connectivity index (χ1n) is 8.65. The summed E-state index contributed by atoms with van der Waals surface area (Å²) in [6.07, 6.45) is 0. The molecule has 29 heavy (non-hydrogen) atoms. The Balaban J connectivity index is 1.80. The molecule has 0 radical (unpaired) electrons. The third kappa shape index (κ3) is 5.50. The molecule has 0 atom stereocenters. The van der Waals surface area contributed by atoms with Gasteiger partial charge in [-0.15, -0.1) is 0 Å². The molecule has 4 N–H and O–H groups in total. The van der Waals surface area contributed by atoms with Crippen molar-refractivity contribution in [1.82, 2.24) is 11.0 Å². The van der Waals surface area contributed by atoms with E-state index in [1.807, 2.05) is 0 Å². The van der Waals surface area contributed by atoms with Gasteiger partial charge in [-0.05, 0) is 41.5 Å². The number of hydrogen-bond donors (Lipinski definition) is 4. The van der Waals surface area contributed by atoms with Crippen molar-refractivity contribution in [2.75, 3.05) is 0 Å². The molecular weight excluding hydrogens is 378 g/mol. The number of rotatable bonds is 9. The molecule has 0 fully saturated rings. The molecule has 0 saturated heterocycles. The minimum absolute atomic E-state index is 0.0432. The highest BCUT2D eigenvalue weighted by Crippen LogP contribution is 2.36. The predicted octanol–water partition coefficient (Wildman–Crippen LogP) is 4.14. The van der Waals surface area contributed by atoms with Crippen LogP contribution in [0.5, 0.6) is 23.0 Å². The third-order valence-electron chi connectivity index (χ3n) is 4.00. The highest BCUT2D eigenvalue weighted by molar-refractivity contribution is 5.53. The maximum absolute atomic E-state index is 11.3. The number of benzene rings is 3. The summed E-state index contributed by atoms with van der Waals surface area (Å²) < 4.78 is 11.4. The van der Waals surface area contributed by atoms with Crippen LogP contribution in [0.25, 0.3) is 0 Å². The molecule has 3 rings (SSSR count). The fourth-order valence-electron chi connectivity index (χ4n) is 2.59. The van der Waals surface area contributed by atoms with E-state index in [0.717, 1.165) is 11.1 Å². The summed E-state index contributed by atoms with van der Waals surface area (Å²) in [7, 11) is 0. The predicted molar refractivity (Wildman–Crippen MR) is 103 cm³/mol. The lowest BCUT2D eigenvalue weighted by atomic mass is 10.2. The summed E-state index contributed by atoms with van der Waals surface area (Å²) in [5.74, 6) is 1.36. The van der Waals surface area contributed by atoms with E-state index in [1.54, 1.807) is 48.5 Å². The van der Waals surface area contributed by atoms with Crippen molar-refractivity contribution in [3.05, 3.63) is 88.0 Å². The van der Waals surface area contributed by atoms with Gasteiger partial charge < -0.3 is 19.9 Å². The Morgan fingerprint density at radius 2 is 1.24 bits per heavy atom. The first kappa shape index (κ1) is 20.2. The highest BCUT2D eigenvalue weighted by Gasteiger charge is 2.17. The van der Waals surface area contributed by atoms with Crippen molar-refractivity contribution in [3.63, 3.8) is 0 Å². The van der Waals surface area contributed by atoms with Crippen LogP contribution in [0.3, 0.4) is 0 Å². The van der Waals surface area contributed by atoms with Gasteiger partial charge in [0.1, 0.15) is 17.2 Å². The quantitative estimate of drug-likeness (QED) is 0.313. The van der Waals surface area contributed by atoms with Crippen molar-refractivity contribution >= 4 is 5.69 Å². The van der Waals surface area contributed by atoms with Gasteiger partial charge in [0.05, 0.1) is 4.92 Å². The number of nitrogens with one attached hydrogen (secondary N) is 2. The molecular formula is C20H19N3O6. The zero-order valence-electron chi connectivity index (χ0n) is 15.2. The van der Waals surface area contributed by atoms with E-state index >= 15 is 0 Å². The Morgan fingerprint density at radius 1 is 0.759 bits per heavy atom. The molecule has 0 heterocycles. The smallest absolute Gasteiger partial charge is 0.311 e. The average Bonchev–Trinajstić information content (AvgIpc) is 2.71. The van der Waals surface area contributed by atoms with Crippen LogP contribution in [0.15, 0.2) is 66.7 Å². The van der Waals surface area contributed by atoms with Gasteiger partial charge in [-0.2, -0.15) is 0 Å². The van der Waals surface area contributed by atoms with Crippen molar-refractivity contribution < 1.29 is 24.8 Å². The monoisotopic (exact) mass is 397 g/mol. The molecule has 3 aromatic rings. The molecule has 0 aliphatic heterocycles. The minimum atomic E-state index is -0.528. The van der Waals surface area contributed by atoms with E-state index in [4.69, 9.17) is 19.9 Å². The summed E-state index contributed by atoms with van der Waals surface area (Å²) >= 11 is 0. The van der Waals surface area contributed by atoms with Crippen LogP contribution >= 0.6 is 0 Å². The highest BCUT2D eigenvalue weighted by atomic mass is 16.6. The lowest BCUT2D eigenvalue weighted by molar-refractivity contribution is -0.385. The van der Waals surface area contributed by atoms with E-state index in [9.17, 15) is 10.1 Å². The van der Waals surface area contributed by atoms with Gasteiger partial charge in [0, 0.05) is 25.2 Å². The van der Waals surface area contributed by atoms with Crippen LogP contribution in [0.2, 0.25) is 0 Å². The lowest BCUT2D eigenvalue weighted by Crippen LogP contribution is -2.05. The Labute approximate surface area is 166 Å². The van der Waals surface area contributed by atoms with Gasteiger partial charge in [0.15, 0.2) is 0 Å². The van der Waals surface area contributed by atoms with E-state index in [2.05, 4.69) is 11.0 Å². The number of nitro groups is 1. The molecule has 3 aromatic carbocycles. The molecule has 0 saturated carbocycles. The maximum Gasteiger partial charge on any atom is 0.311 e. The fraction of sp³-hybridized carbons (Fsp3) is 0.100. The Hall–Kier alpha value is -3.50. The van der Waals surface area contributed by atoms with E-state index in [0.29, 0.717) is 23.8 Å². The summed E-state index contributed by atoms with van der Waals surface area (Å²) in [5, 5.41) is 28.8. The van der Waals surface area contributed by atoms with Crippen molar-refractivity contribution in [3.8, 4) is 23.0 Å². The Bertz CT molecular complexity index is 961. The zero-order valence-corrected chi connectivity index (χ0v) is 15.2. The van der Waals surface area contributed by atoms with Gasteiger partial charge in [0.25, 0.3) is 0 Å². The molecule has 0 bridgehead atoms. The summed E-state index contributed by atoms with van der Waals surface area (Å²) in [5.41, 5.74) is 5.63. The van der Waals surface area contributed by atoms with E-state index in [1.165, 1.54) is 18.2 Å². The molecule has 0 aliphatic carbocycles. The third-order valence-corrected chi connectivity index (χ3v) is 4.00. The molecule has 0 aliphatic rings. The van der Waals surface area contributed by atoms with Crippen LogP contribution < -0.4 is 20.4 Å². The number of nitro benzene ring substituents is 1. The Morgan fingerprint density at radius 3 is 1.72 bits per heavy atom. The second-order valence-corrected chi connectivity index (χ2v) is 6.05. The van der Waals surface area contributed by atoms with Crippen LogP contribution in [0, 0.1) is 10.1 Å². The molecule has 150 valence electrons. The molecule has 9 heteroatoms. The number of hydroxylamine groups is 2. The average molecular weight is 397 g/mol. The molecule has 0 amide bonds. The maximum atomic E-state index is 11.3. The van der Waals surface area contributed by atoms with E-state index in [-0.39, 0.29) is 18.0 Å². The van der Waals surface area contributed by atoms with Crippen LogP contribution in [-0.4, -0.2) is 15.3 Å². The number of nitrogens with zero attached hydrogens (tertiary/aromatic N) is 1. The first-order valence-corrected chi connectivity index (χ1v) is 8.65. The molecule has 9 nitrogen and oxygen atoms in total. The SMILES string of the molecule is O=[N+]([O-])c1ccc(Oc2ccc(CNO)cc2)cc1Oc1ccc(CNO)cc1. The summed E-state index contributed by atoms with van der Waals surface area (Å²) in [6.45, 7) is 0.583. The van der Waals surface area contributed by atoms with Gasteiger partial charge in [-0.25, -0.2) is 11.0 Å². The van der Waals surface area contributed by atoms with Crippen LogP contribution in [-0.2, 0) is 13.1 Å². The standard InChI is InChI=1S/C20H19N3O6/c24-21-12-14-1-5-16(6-2-14)28-18-9-10-19(23(26)27)20(11-18)29-17-7-3-15(4-8-17)13-22-25/h1-11,21-22,24-25H,12-13H2. The molecule has 0 aromatic heterocycles. The number of ether oxygens (including phenoxy) is 2. The van der Waals surface area contributed by atoms with Crippen LogP contribution in [0.1, 0.15) is 11.1 Å². The summed E-state index contributed by atoms with van der Waals surface area (Å²) in [6, 6.07) is 18.0. The van der Waals surface area contributed by atoms with Gasteiger partial charge in [0.2, 0.25) is 5.75 Å². The first-order chi connectivity index (χ1) is 14.1. The fourth-order valence-corrected chi connectivity index (χ4v) is 2.59. The van der Waals surface area contributed by atoms with E-state index < -0.39 is 4.92 Å². The van der Waals surface area contributed by atoms with Crippen LogP contribution in [0.4, 0.5) is 5.69 Å². The molecule has 0 unspecified atom stereocenters. The van der Waals surface area contributed by atoms with Gasteiger partial charge >= 0.3 is 5.69 Å². The Kier molecular flexibility index (Phi) is 6.72. The summed E-state index contributed by atoms with van der Waals surface area (Å²) in [4.78, 5) is 10.8. The normalized spacial score (nSPS) is 10.6. The van der Waals surface area contributed by atoms with Crippen molar-refractivity contribution in [1.29, 1.82) is 0 Å². The number of hydrogen-bond acceptors (Lipinski definition) is 8. The topological polar surface area (TPSA) is 126 Å². The minimum Gasteiger partial charge on any atom is -0.457 e. The molecule has 0 spiro atoms. The largest absolute Gasteiger partial charge is 0.457 e. The van der Waals surface area contributed by atoms with Crippen molar-refractivity contribution in [2.45, 2.75) is 13.1 Å².